The lowest BCUT2D eigenvalue weighted by Gasteiger charge is -2.32. The Labute approximate surface area is 260 Å². The molecule has 0 bridgehead atoms. The normalized spacial score (nSPS) is 14.1. The number of fused-ring (bicyclic) bond motifs is 10. The van der Waals surface area contributed by atoms with Gasteiger partial charge in [-0.25, -0.2) is 0 Å². The molecule has 0 atom stereocenters. The van der Waals surface area contributed by atoms with Crippen LogP contribution < -0.4 is 4.90 Å². The maximum absolute atomic E-state index is 2.45. The van der Waals surface area contributed by atoms with E-state index in [9.17, 15) is 0 Å². The fourth-order valence-corrected chi connectivity index (χ4v) is 7.47. The monoisotopic (exact) mass is 563 g/mol. The van der Waals surface area contributed by atoms with E-state index >= 15 is 0 Å². The van der Waals surface area contributed by atoms with Crippen LogP contribution in [-0.4, -0.2) is 0 Å². The molecule has 0 unspecified atom stereocenters. The number of allylic oxidation sites excluding steroid dienone is 4. The summed E-state index contributed by atoms with van der Waals surface area (Å²) in [6.07, 6.45) is 4.47. The van der Waals surface area contributed by atoms with Gasteiger partial charge in [-0.1, -0.05) is 133 Å². The summed E-state index contributed by atoms with van der Waals surface area (Å²) in [5, 5.41) is 0. The summed E-state index contributed by atoms with van der Waals surface area (Å²) < 4.78 is 0. The summed E-state index contributed by atoms with van der Waals surface area (Å²) in [6.45, 7) is 4.39. The highest BCUT2D eigenvalue weighted by Crippen LogP contribution is 2.63. The summed E-state index contributed by atoms with van der Waals surface area (Å²) in [5.74, 6) is 0. The number of rotatable bonds is 5. The number of hydrogen-bond acceptors (Lipinski definition) is 1. The topological polar surface area (TPSA) is 3.24 Å². The SMILES string of the molecule is C/C(=C\C=C(/C)N(c1ccccc1)c1ccc2c(c1)C1(c3ccccc3-c3ccccc31)c1ccccc1-2)c1ccccc1. The lowest BCUT2D eigenvalue weighted by atomic mass is 9.70. The van der Waals surface area contributed by atoms with Crippen LogP contribution in [0.5, 0.6) is 0 Å². The van der Waals surface area contributed by atoms with Gasteiger partial charge >= 0.3 is 0 Å². The molecule has 1 heteroatoms. The van der Waals surface area contributed by atoms with Crippen LogP contribution in [0.15, 0.2) is 170 Å². The molecule has 1 nitrogen and oxygen atoms in total. The summed E-state index contributed by atoms with van der Waals surface area (Å²) in [7, 11) is 0. The Morgan fingerprint density at radius 2 is 0.932 bits per heavy atom. The molecule has 0 amide bonds. The molecule has 6 aromatic rings. The molecule has 8 rings (SSSR count). The fraction of sp³-hybridized carbons (Fsp3) is 0.0698. The van der Waals surface area contributed by atoms with Crippen molar-refractivity contribution < 1.29 is 0 Å². The first-order valence-corrected chi connectivity index (χ1v) is 15.4. The highest BCUT2D eigenvalue weighted by Gasteiger charge is 2.51. The molecule has 0 aromatic heterocycles. The molecule has 0 saturated heterocycles. The van der Waals surface area contributed by atoms with E-state index in [1.807, 2.05) is 0 Å². The van der Waals surface area contributed by atoms with Crippen LogP contribution in [0, 0.1) is 0 Å². The van der Waals surface area contributed by atoms with E-state index in [4.69, 9.17) is 0 Å². The van der Waals surface area contributed by atoms with Gasteiger partial charge in [0.15, 0.2) is 0 Å². The summed E-state index contributed by atoms with van der Waals surface area (Å²) in [6, 6.07) is 55.4. The predicted octanol–water partition coefficient (Wildman–Crippen LogP) is 11.2. The summed E-state index contributed by atoms with van der Waals surface area (Å²) >= 11 is 0. The minimum atomic E-state index is -0.362. The van der Waals surface area contributed by atoms with Gasteiger partial charge in [0.2, 0.25) is 0 Å². The van der Waals surface area contributed by atoms with E-state index in [1.165, 1.54) is 55.6 Å². The Balaban J connectivity index is 1.35. The first kappa shape index (κ1) is 26.2. The second-order valence-corrected chi connectivity index (χ2v) is 11.8. The third-order valence-corrected chi connectivity index (χ3v) is 9.41. The van der Waals surface area contributed by atoms with Crippen LogP contribution in [0.4, 0.5) is 11.4 Å². The second-order valence-electron chi connectivity index (χ2n) is 11.8. The molecule has 2 aliphatic carbocycles. The maximum Gasteiger partial charge on any atom is 0.0726 e. The van der Waals surface area contributed by atoms with Crippen molar-refractivity contribution in [1.82, 2.24) is 0 Å². The molecule has 1 spiro atoms. The van der Waals surface area contributed by atoms with Gasteiger partial charge in [0, 0.05) is 17.1 Å². The van der Waals surface area contributed by atoms with Crippen molar-refractivity contribution >= 4 is 16.9 Å². The standard InChI is InChI=1S/C43H33N/c1-30(32-15-5-3-6-16-32)25-26-31(2)44(33-17-7-4-8-18-33)34-27-28-38-37-21-11-14-24-41(37)43(42(38)29-34)39-22-12-9-19-35(39)36-20-10-13-23-40(36)43/h3-29H,1-2H3/b30-25+,31-26+. The Morgan fingerprint density at radius 1 is 0.455 bits per heavy atom. The van der Waals surface area contributed by atoms with Crippen LogP contribution in [0.2, 0.25) is 0 Å². The minimum Gasteiger partial charge on any atom is -0.315 e. The Kier molecular flexibility index (Phi) is 6.20. The third-order valence-electron chi connectivity index (χ3n) is 9.41. The highest BCUT2D eigenvalue weighted by molar-refractivity contribution is 5.96. The number of anilines is 2. The van der Waals surface area contributed by atoms with E-state index in [1.54, 1.807) is 0 Å². The van der Waals surface area contributed by atoms with Crippen LogP contribution in [0.25, 0.3) is 27.8 Å². The van der Waals surface area contributed by atoms with Gasteiger partial charge in [-0.2, -0.15) is 0 Å². The molecule has 0 aliphatic heterocycles. The second kappa shape index (κ2) is 10.4. The average molecular weight is 564 g/mol. The van der Waals surface area contributed by atoms with Crippen molar-refractivity contribution in [1.29, 1.82) is 0 Å². The fourth-order valence-electron chi connectivity index (χ4n) is 7.47. The van der Waals surface area contributed by atoms with Crippen molar-refractivity contribution in [3.8, 4) is 22.3 Å². The first-order valence-electron chi connectivity index (χ1n) is 15.4. The summed E-state index contributed by atoms with van der Waals surface area (Å²) in [4.78, 5) is 2.39. The first-order chi connectivity index (χ1) is 21.7. The van der Waals surface area contributed by atoms with Crippen molar-refractivity contribution in [3.05, 3.63) is 197 Å². The molecule has 44 heavy (non-hydrogen) atoms. The van der Waals surface area contributed by atoms with Gasteiger partial charge in [0.1, 0.15) is 0 Å². The van der Waals surface area contributed by atoms with Gasteiger partial charge in [0.05, 0.1) is 5.41 Å². The smallest absolute Gasteiger partial charge is 0.0726 e. The number of benzene rings is 6. The summed E-state index contributed by atoms with van der Waals surface area (Å²) in [5.41, 5.74) is 16.3. The molecule has 0 radical (unpaired) electrons. The van der Waals surface area contributed by atoms with E-state index < -0.39 is 0 Å². The van der Waals surface area contributed by atoms with E-state index in [-0.39, 0.29) is 5.41 Å². The Morgan fingerprint density at radius 3 is 1.50 bits per heavy atom. The molecule has 210 valence electrons. The van der Waals surface area contributed by atoms with Crippen LogP contribution >= 0.6 is 0 Å². The van der Waals surface area contributed by atoms with Gasteiger partial charge < -0.3 is 4.90 Å². The van der Waals surface area contributed by atoms with E-state index in [2.05, 4.69) is 183 Å². The molecule has 2 aliphatic rings. The molecule has 0 heterocycles. The van der Waals surface area contributed by atoms with Crippen molar-refractivity contribution in [3.63, 3.8) is 0 Å². The van der Waals surface area contributed by atoms with Crippen LogP contribution in [-0.2, 0) is 5.41 Å². The van der Waals surface area contributed by atoms with E-state index in [0.717, 1.165) is 17.1 Å². The lowest BCUT2D eigenvalue weighted by molar-refractivity contribution is 0.793. The molecule has 6 aromatic carbocycles. The van der Waals surface area contributed by atoms with Gasteiger partial charge in [-0.3, -0.25) is 0 Å². The van der Waals surface area contributed by atoms with E-state index in [0.29, 0.717) is 0 Å². The van der Waals surface area contributed by atoms with Crippen molar-refractivity contribution in [2.45, 2.75) is 19.3 Å². The van der Waals surface area contributed by atoms with Gasteiger partial charge in [-0.15, -0.1) is 0 Å². The zero-order chi connectivity index (χ0) is 29.7. The zero-order valence-corrected chi connectivity index (χ0v) is 25.0. The predicted molar refractivity (Wildman–Crippen MR) is 185 cm³/mol. The maximum atomic E-state index is 2.45. The third kappa shape index (κ3) is 3.86. The number of para-hydroxylation sites is 1. The average Bonchev–Trinajstić information content (AvgIpc) is 3.55. The van der Waals surface area contributed by atoms with Crippen LogP contribution in [0.3, 0.4) is 0 Å². The molecule has 0 fully saturated rings. The number of hydrogen-bond donors (Lipinski definition) is 0. The zero-order valence-electron chi connectivity index (χ0n) is 25.0. The molecule has 0 N–H and O–H groups in total. The van der Waals surface area contributed by atoms with Crippen LogP contribution in [0.1, 0.15) is 41.7 Å². The Bertz CT molecular complexity index is 2020. The minimum absolute atomic E-state index is 0.362. The largest absolute Gasteiger partial charge is 0.315 e. The van der Waals surface area contributed by atoms with Gasteiger partial charge in [-0.05, 0) is 99.8 Å². The van der Waals surface area contributed by atoms with Gasteiger partial charge in [0.25, 0.3) is 0 Å². The lowest BCUT2D eigenvalue weighted by Crippen LogP contribution is -2.26. The quantitative estimate of drug-likeness (QED) is 0.188. The van der Waals surface area contributed by atoms with Crippen molar-refractivity contribution in [2.24, 2.45) is 0 Å². The molecular formula is C43H33N. The highest BCUT2D eigenvalue weighted by atomic mass is 15.1. The Hall–Kier alpha value is -5.40. The number of nitrogens with zero attached hydrogens (tertiary/aromatic N) is 1. The molecule has 0 saturated carbocycles. The van der Waals surface area contributed by atoms with Crippen molar-refractivity contribution in [2.75, 3.05) is 4.90 Å². The molecular weight excluding hydrogens is 530 g/mol.